The summed E-state index contributed by atoms with van der Waals surface area (Å²) in [4.78, 5) is 0. The maximum atomic E-state index is 10.5. The third-order valence-electron chi connectivity index (χ3n) is 1.47. The van der Waals surface area contributed by atoms with Gasteiger partial charge in [-0.25, -0.2) is 0 Å². The number of hydrogen-bond donors (Lipinski definition) is 0. The Hall–Kier alpha value is 0.550. The third kappa shape index (κ3) is 3.64. The molecule has 66 valence electrons. The highest BCUT2D eigenvalue weighted by atomic mass is 79.9. The Morgan fingerprint density at radius 3 is 2.91 bits per heavy atom. The Morgan fingerprint density at radius 1 is 1.55 bits per heavy atom. The minimum atomic E-state index is -1.47. The number of halogens is 1. The third-order valence-corrected chi connectivity index (χ3v) is 2.79. The van der Waals surface area contributed by atoms with Crippen LogP contribution in [0.2, 0.25) is 0 Å². The topological polar surface area (TPSA) is 35.5 Å². The van der Waals surface area contributed by atoms with E-state index in [1.807, 2.05) is 0 Å². The molecule has 0 aromatic heterocycles. The Bertz CT molecular complexity index is 142. The van der Waals surface area contributed by atoms with E-state index < -0.39 is 11.4 Å². The summed E-state index contributed by atoms with van der Waals surface area (Å²) in [5.74, 6) is 0. The van der Waals surface area contributed by atoms with E-state index in [9.17, 15) is 4.21 Å². The monoisotopic (exact) mass is 242 g/mol. The summed E-state index contributed by atoms with van der Waals surface area (Å²) in [6.07, 6.45) is 3.22. The van der Waals surface area contributed by atoms with Gasteiger partial charge in [0.25, 0.3) is 0 Å². The Morgan fingerprint density at radius 2 is 2.36 bits per heavy atom. The van der Waals surface area contributed by atoms with Crippen LogP contribution in [0.3, 0.4) is 0 Å². The summed E-state index contributed by atoms with van der Waals surface area (Å²) in [6, 6.07) is 0. The first-order chi connectivity index (χ1) is 5.33. The molecule has 0 bridgehead atoms. The molecule has 0 N–H and O–H groups in total. The highest BCUT2D eigenvalue weighted by molar-refractivity contribution is 9.09. The van der Waals surface area contributed by atoms with Gasteiger partial charge in [0.1, 0.15) is 6.10 Å². The summed E-state index contributed by atoms with van der Waals surface area (Å²) in [7, 11) is 0. The SMILES string of the molecule is O=S1OCC(CCCCBr)O1. The first kappa shape index (κ1) is 9.64. The van der Waals surface area contributed by atoms with Crippen molar-refractivity contribution in [1.29, 1.82) is 0 Å². The molecule has 11 heavy (non-hydrogen) atoms. The van der Waals surface area contributed by atoms with Crippen molar-refractivity contribution in [3.05, 3.63) is 0 Å². The number of alkyl halides is 1. The lowest BCUT2D eigenvalue weighted by molar-refractivity contribution is 0.223. The molecule has 0 radical (unpaired) electrons. The molecule has 0 aliphatic carbocycles. The molecule has 0 saturated carbocycles. The molecule has 0 amide bonds. The molecule has 1 fully saturated rings. The highest BCUT2D eigenvalue weighted by Crippen LogP contribution is 2.14. The van der Waals surface area contributed by atoms with Gasteiger partial charge >= 0.3 is 11.4 Å². The molecule has 1 rings (SSSR count). The van der Waals surface area contributed by atoms with Crippen LogP contribution in [0.5, 0.6) is 0 Å². The zero-order chi connectivity index (χ0) is 8.10. The van der Waals surface area contributed by atoms with E-state index in [4.69, 9.17) is 8.37 Å². The van der Waals surface area contributed by atoms with Gasteiger partial charge in [0.05, 0.1) is 6.61 Å². The fraction of sp³-hybridized carbons (Fsp3) is 1.00. The van der Waals surface area contributed by atoms with Gasteiger partial charge in [-0.1, -0.05) is 15.9 Å². The van der Waals surface area contributed by atoms with Gasteiger partial charge in [-0.05, 0) is 19.3 Å². The second-order valence-electron chi connectivity index (χ2n) is 2.39. The van der Waals surface area contributed by atoms with E-state index in [-0.39, 0.29) is 6.10 Å². The second kappa shape index (κ2) is 5.24. The van der Waals surface area contributed by atoms with Crippen LogP contribution in [-0.2, 0) is 19.7 Å². The van der Waals surface area contributed by atoms with Crippen LogP contribution in [0.15, 0.2) is 0 Å². The minimum Gasteiger partial charge on any atom is -0.266 e. The normalized spacial score (nSPS) is 31.0. The molecule has 1 heterocycles. The van der Waals surface area contributed by atoms with Crippen molar-refractivity contribution < 1.29 is 12.6 Å². The lowest BCUT2D eigenvalue weighted by Gasteiger charge is -2.02. The van der Waals surface area contributed by atoms with E-state index in [1.54, 1.807) is 0 Å². The van der Waals surface area contributed by atoms with Gasteiger partial charge in [-0.2, -0.15) is 4.21 Å². The molecule has 2 unspecified atom stereocenters. The lowest BCUT2D eigenvalue weighted by atomic mass is 10.2. The van der Waals surface area contributed by atoms with E-state index in [0.29, 0.717) is 6.61 Å². The predicted octanol–water partition coefficient (Wildman–Crippen LogP) is 1.55. The molecule has 0 spiro atoms. The molecule has 5 heteroatoms. The number of hydrogen-bond acceptors (Lipinski definition) is 3. The Balaban J connectivity index is 2.04. The van der Waals surface area contributed by atoms with Crippen molar-refractivity contribution in [2.45, 2.75) is 25.4 Å². The standard InChI is InChI=1S/C6H11BrO3S/c7-4-2-1-3-6-5-9-11(8)10-6/h6H,1-5H2. The lowest BCUT2D eigenvalue weighted by Crippen LogP contribution is -2.08. The van der Waals surface area contributed by atoms with Crippen molar-refractivity contribution in [1.82, 2.24) is 0 Å². The van der Waals surface area contributed by atoms with E-state index in [1.165, 1.54) is 0 Å². The van der Waals surface area contributed by atoms with Gasteiger partial charge < -0.3 is 0 Å². The molecule has 1 aliphatic heterocycles. The molecule has 1 saturated heterocycles. The van der Waals surface area contributed by atoms with Crippen LogP contribution in [0.1, 0.15) is 19.3 Å². The number of unbranched alkanes of at least 4 members (excludes halogenated alkanes) is 1. The average molecular weight is 243 g/mol. The van der Waals surface area contributed by atoms with Gasteiger partial charge in [-0.15, -0.1) is 0 Å². The van der Waals surface area contributed by atoms with Crippen LogP contribution in [0.25, 0.3) is 0 Å². The highest BCUT2D eigenvalue weighted by Gasteiger charge is 2.22. The summed E-state index contributed by atoms with van der Waals surface area (Å²) in [5.41, 5.74) is 0. The molecule has 0 aromatic carbocycles. The van der Waals surface area contributed by atoms with E-state index in [2.05, 4.69) is 15.9 Å². The van der Waals surface area contributed by atoms with Gasteiger partial charge in [0, 0.05) is 5.33 Å². The van der Waals surface area contributed by atoms with Crippen molar-refractivity contribution in [2.24, 2.45) is 0 Å². The average Bonchev–Trinajstić information content (AvgIpc) is 2.37. The van der Waals surface area contributed by atoms with Crippen molar-refractivity contribution >= 4 is 27.3 Å². The number of rotatable bonds is 4. The fourth-order valence-corrected chi connectivity index (χ4v) is 1.99. The van der Waals surface area contributed by atoms with Crippen LogP contribution in [0, 0.1) is 0 Å². The molecule has 3 nitrogen and oxygen atoms in total. The summed E-state index contributed by atoms with van der Waals surface area (Å²) in [6.45, 7) is 0.481. The zero-order valence-electron chi connectivity index (χ0n) is 6.12. The molecule has 1 aliphatic rings. The smallest absolute Gasteiger partial charge is 0.266 e. The fourth-order valence-electron chi connectivity index (χ4n) is 0.896. The quantitative estimate of drug-likeness (QED) is 0.555. The molecule has 2 atom stereocenters. The van der Waals surface area contributed by atoms with Crippen LogP contribution >= 0.6 is 15.9 Å². The predicted molar refractivity (Wildman–Crippen MR) is 46.6 cm³/mol. The second-order valence-corrected chi connectivity index (χ2v) is 4.02. The van der Waals surface area contributed by atoms with Crippen molar-refractivity contribution in [2.75, 3.05) is 11.9 Å². The molecule has 0 aromatic rings. The van der Waals surface area contributed by atoms with Crippen LogP contribution < -0.4 is 0 Å². The summed E-state index contributed by atoms with van der Waals surface area (Å²) >= 11 is 1.87. The van der Waals surface area contributed by atoms with E-state index in [0.717, 1.165) is 24.6 Å². The Labute approximate surface area is 77.4 Å². The van der Waals surface area contributed by atoms with Gasteiger partial charge in [0.15, 0.2) is 0 Å². The maximum absolute atomic E-state index is 10.5. The van der Waals surface area contributed by atoms with Crippen molar-refractivity contribution in [3.8, 4) is 0 Å². The minimum absolute atomic E-state index is 0.0508. The summed E-state index contributed by atoms with van der Waals surface area (Å²) in [5, 5.41) is 1.02. The van der Waals surface area contributed by atoms with Gasteiger partial charge in [0.2, 0.25) is 0 Å². The summed E-state index contributed by atoms with van der Waals surface area (Å²) < 4.78 is 20.2. The van der Waals surface area contributed by atoms with Crippen LogP contribution in [0.4, 0.5) is 0 Å². The molecular weight excluding hydrogens is 232 g/mol. The largest absolute Gasteiger partial charge is 0.305 e. The van der Waals surface area contributed by atoms with Crippen LogP contribution in [-0.4, -0.2) is 22.2 Å². The maximum Gasteiger partial charge on any atom is 0.305 e. The first-order valence-electron chi connectivity index (χ1n) is 3.61. The molecular formula is C6H11BrO3S. The first-order valence-corrected chi connectivity index (χ1v) is 5.73. The van der Waals surface area contributed by atoms with Gasteiger partial charge in [-0.3, -0.25) is 8.37 Å². The Kier molecular flexibility index (Phi) is 4.59. The van der Waals surface area contributed by atoms with E-state index >= 15 is 0 Å². The van der Waals surface area contributed by atoms with Crippen molar-refractivity contribution in [3.63, 3.8) is 0 Å². The zero-order valence-corrected chi connectivity index (χ0v) is 8.53.